The molecule has 0 spiro atoms. The van der Waals surface area contributed by atoms with Crippen molar-refractivity contribution in [3.8, 4) is 0 Å². The van der Waals surface area contributed by atoms with Crippen LogP contribution in [-0.2, 0) is 14.4 Å². The predicted molar refractivity (Wildman–Crippen MR) is 88.2 cm³/mol. The van der Waals surface area contributed by atoms with E-state index < -0.39 is 5.41 Å². The number of esters is 1. The van der Waals surface area contributed by atoms with Crippen molar-refractivity contribution < 1.29 is 18.8 Å². The number of rotatable bonds is 5. The number of hydrogen-bond donors (Lipinski definition) is 1. The molecule has 2 heterocycles. The van der Waals surface area contributed by atoms with Gasteiger partial charge in [-0.2, -0.15) is 0 Å². The van der Waals surface area contributed by atoms with Gasteiger partial charge in [0, 0.05) is 24.9 Å². The van der Waals surface area contributed by atoms with Gasteiger partial charge in [-0.05, 0) is 38.4 Å². The Morgan fingerprint density at radius 1 is 1.54 bits per heavy atom. The van der Waals surface area contributed by atoms with Crippen molar-refractivity contribution in [2.24, 2.45) is 10.6 Å². The molecular weight excluding hydrogens is 311 g/mol. The molecule has 1 aromatic carbocycles. The summed E-state index contributed by atoms with van der Waals surface area (Å²) in [6.07, 6.45) is 2.66. The van der Waals surface area contributed by atoms with Crippen LogP contribution in [0.25, 0.3) is 0 Å². The summed E-state index contributed by atoms with van der Waals surface area (Å²) >= 11 is 0. The number of carbonyl (C=O) groups is 1. The summed E-state index contributed by atoms with van der Waals surface area (Å²) in [7, 11) is 0. The van der Waals surface area contributed by atoms with Gasteiger partial charge in [0.25, 0.3) is 0 Å². The van der Waals surface area contributed by atoms with Crippen LogP contribution in [0.15, 0.2) is 29.4 Å². The van der Waals surface area contributed by atoms with Gasteiger partial charge in [-0.1, -0.05) is 17.3 Å². The molecule has 3 rings (SSSR count). The zero-order valence-electron chi connectivity index (χ0n) is 13.9. The van der Waals surface area contributed by atoms with Crippen molar-refractivity contribution in [3.05, 3.63) is 35.6 Å². The van der Waals surface area contributed by atoms with Crippen LogP contribution in [0.5, 0.6) is 0 Å². The highest BCUT2D eigenvalue weighted by molar-refractivity contribution is 6.01. The molecule has 0 saturated carbocycles. The molecule has 130 valence electrons. The molecular formula is C18H23FN2O3. The third-order valence-corrected chi connectivity index (χ3v) is 4.69. The minimum Gasteiger partial charge on any atom is -0.466 e. The van der Waals surface area contributed by atoms with E-state index in [9.17, 15) is 9.18 Å². The molecule has 6 heteroatoms. The highest BCUT2D eigenvalue weighted by atomic mass is 19.1. The summed E-state index contributed by atoms with van der Waals surface area (Å²) in [4.78, 5) is 18.0. The maximum atomic E-state index is 13.4. The van der Waals surface area contributed by atoms with Crippen molar-refractivity contribution in [1.82, 2.24) is 5.32 Å². The number of nitrogens with zero attached hydrogens (tertiary/aromatic N) is 1. The second-order valence-corrected chi connectivity index (χ2v) is 6.47. The number of ether oxygens (including phenoxy) is 1. The van der Waals surface area contributed by atoms with E-state index in [0.717, 1.165) is 30.7 Å². The lowest BCUT2D eigenvalue weighted by Gasteiger charge is -2.36. The first-order valence-electron chi connectivity index (χ1n) is 8.49. The Morgan fingerprint density at radius 2 is 2.42 bits per heavy atom. The lowest BCUT2D eigenvalue weighted by molar-refractivity contribution is -0.159. The second kappa shape index (κ2) is 7.30. The summed E-state index contributed by atoms with van der Waals surface area (Å²) in [5.41, 5.74) is 0.887. The average molecular weight is 334 g/mol. The standard InChI is InChI=1S/C18H23FN2O3/c1-2-23-17(22)18(7-4-8-20-12-18)11-15-10-16(21-24-15)13-5-3-6-14(19)9-13/h3,5-6,9,15,20H,2,4,7-8,10-12H2,1H3. The Labute approximate surface area is 141 Å². The van der Waals surface area contributed by atoms with Crippen molar-refractivity contribution in [2.75, 3.05) is 19.7 Å². The van der Waals surface area contributed by atoms with Gasteiger partial charge < -0.3 is 14.9 Å². The van der Waals surface area contributed by atoms with Crippen LogP contribution in [0.3, 0.4) is 0 Å². The van der Waals surface area contributed by atoms with E-state index in [0.29, 0.717) is 26.0 Å². The third-order valence-electron chi connectivity index (χ3n) is 4.69. The number of oxime groups is 1. The van der Waals surface area contributed by atoms with Crippen LogP contribution in [0.2, 0.25) is 0 Å². The minimum atomic E-state index is -0.564. The molecule has 0 aromatic heterocycles. The lowest BCUT2D eigenvalue weighted by Crippen LogP contribution is -2.48. The molecule has 1 fully saturated rings. The quantitative estimate of drug-likeness (QED) is 0.841. The number of nitrogens with one attached hydrogen (secondary N) is 1. The fourth-order valence-corrected chi connectivity index (χ4v) is 3.50. The van der Waals surface area contributed by atoms with Crippen molar-refractivity contribution in [2.45, 2.75) is 38.7 Å². The van der Waals surface area contributed by atoms with Gasteiger partial charge in [-0.15, -0.1) is 0 Å². The molecule has 2 atom stereocenters. The first-order chi connectivity index (χ1) is 11.6. The molecule has 2 aliphatic heterocycles. The first-order valence-corrected chi connectivity index (χ1v) is 8.49. The van der Waals surface area contributed by atoms with Gasteiger partial charge in [0.05, 0.1) is 17.7 Å². The zero-order valence-corrected chi connectivity index (χ0v) is 13.9. The normalized spacial score (nSPS) is 26.6. The van der Waals surface area contributed by atoms with E-state index in [4.69, 9.17) is 9.57 Å². The molecule has 0 amide bonds. The van der Waals surface area contributed by atoms with Crippen LogP contribution < -0.4 is 5.32 Å². The number of carbonyl (C=O) groups excluding carboxylic acids is 1. The Hall–Kier alpha value is -1.95. The minimum absolute atomic E-state index is 0.167. The average Bonchev–Trinajstić information content (AvgIpc) is 3.04. The van der Waals surface area contributed by atoms with Crippen LogP contribution >= 0.6 is 0 Å². The Bertz CT molecular complexity index is 626. The molecule has 0 aliphatic carbocycles. The Balaban J connectivity index is 1.68. The number of hydrogen-bond acceptors (Lipinski definition) is 5. The highest BCUT2D eigenvalue weighted by Crippen LogP contribution is 2.36. The van der Waals surface area contributed by atoms with Crippen LogP contribution in [0.4, 0.5) is 4.39 Å². The lowest BCUT2D eigenvalue weighted by atomic mass is 9.75. The molecule has 2 unspecified atom stereocenters. The number of benzene rings is 1. The molecule has 24 heavy (non-hydrogen) atoms. The molecule has 0 bridgehead atoms. The summed E-state index contributed by atoms with van der Waals surface area (Å²) in [5, 5.41) is 7.40. The van der Waals surface area contributed by atoms with Crippen molar-refractivity contribution >= 4 is 11.7 Å². The number of piperidine rings is 1. The van der Waals surface area contributed by atoms with Gasteiger partial charge in [0.15, 0.2) is 0 Å². The van der Waals surface area contributed by atoms with E-state index in [1.54, 1.807) is 6.07 Å². The first kappa shape index (κ1) is 16.9. The maximum Gasteiger partial charge on any atom is 0.313 e. The van der Waals surface area contributed by atoms with E-state index in [2.05, 4.69) is 10.5 Å². The van der Waals surface area contributed by atoms with E-state index in [-0.39, 0.29) is 17.9 Å². The van der Waals surface area contributed by atoms with Gasteiger partial charge in [0.1, 0.15) is 11.9 Å². The zero-order chi connectivity index (χ0) is 17.0. The Kier molecular flexibility index (Phi) is 5.14. The SMILES string of the molecule is CCOC(=O)C1(CC2CC(c3cccc(F)c3)=NO2)CCCNC1. The largest absolute Gasteiger partial charge is 0.466 e. The monoisotopic (exact) mass is 334 g/mol. The maximum absolute atomic E-state index is 13.4. The number of halogens is 1. The fraction of sp³-hybridized carbons (Fsp3) is 0.556. The second-order valence-electron chi connectivity index (χ2n) is 6.47. The van der Waals surface area contributed by atoms with Crippen molar-refractivity contribution in [1.29, 1.82) is 0 Å². The smallest absolute Gasteiger partial charge is 0.313 e. The molecule has 1 saturated heterocycles. The predicted octanol–water partition coefficient (Wildman–Crippen LogP) is 2.64. The summed E-state index contributed by atoms with van der Waals surface area (Å²) in [5.74, 6) is -0.460. The molecule has 2 aliphatic rings. The summed E-state index contributed by atoms with van der Waals surface area (Å²) in [6.45, 7) is 3.70. The fourth-order valence-electron chi connectivity index (χ4n) is 3.50. The molecule has 1 aromatic rings. The molecule has 1 N–H and O–H groups in total. The van der Waals surface area contributed by atoms with Crippen molar-refractivity contribution in [3.63, 3.8) is 0 Å². The van der Waals surface area contributed by atoms with Gasteiger partial charge in [-0.3, -0.25) is 4.79 Å². The third kappa shape index (κ3) is 3.59. The van der Waals surface area contributed by atoms with Crippen LogP contribution in [-0.4, -0.2) is 37.5 Å². The summed E-state index contributed by atoms with van der Waals surface area (Å²) in [6, 6.07) is 6.33. The molecule has 5 nitrogen and oxygen atoms in total. The van der Waals surface area contributed by atoms with E-state index >= 15 is 0 Å². The van der Waals surface area contributed by atoms with Gasteiger partial charge in [0.2, 0.25) is 0 Å². The van der Waals surface area contributed by atoms with Gasteiger partial charge in [-0.25, -0.2) is 4.39 Å². The van der Waals surface area contributed by atoms with E-state index in [1.807, 2.05) is 13.0 Å². The highest BCUT2D eigenvalue weighted by Gasteiger charge is 2.44. The Morgan fingerprint density at radius 3 is 3.12 bits per heavy atom. The van der Waals surface area contributed by atoms with Crippen LogP contribution in [0, 0.1) is 11.2 Å². The van der Waals surface area contributed by atoms with Gasteiger partial charge >= 0.3 is 5.97 Å². The van der Waals surface area contributed by atoms with Crippen LogP contribution in [0.1, 0.15) is 38.2 Å². The topological polar surface area (TPSA) is 59.9 Å². The van der Waals surface area contributed by atoms with E-state index in [1.165, 1.54) is 12.1 Å². The summed E-state index contributed by atoms with van der Waals surface area (Å²) < 4.78 is 18.7. The molecule has 0 radical (unpaired) electrons.